The van der Waals surface area contributed by atoms with Crippen molar-refractivity contribution in [1.29, 1.82) is 0 Å². The summed E-state index contributed by atoms with van der Waals surface area (Å²) in [5, 5.41) is 4.00. The topological polar surface area (TPSA) is 81.4 Å². The smallest absolute Gasteiger partial charge is 0.254 e. The van der Waals surface area contributed by atoms with E-state index in [1.54, 1.807) is 48.7 Å². The summed E-state index contributed by atoms with van der Waals surface area (Å²) in [5.74, 6) is 1.59. The highest BCUT2D eigenvalue weighted by atomic mass is 16.5. The van der Waals surface area contributed by atoms with Gasteiger partial charge >= 0.3 is 0 Å². The molecule has 0 N–H and O–H groups in total. The molecular formula is C18H16N4O3. The van der Waals surface area contributed by atoms with Gasteiger partial charge in [-0.25, -0.2) is 0 Å². The van der Waals surface area contributed by atoms with Crippen LogP contribution < -0.4 is 4.74 Å². The van der Waals surface area contributed by atoms with Gasteiger partial charge in [-0.15, -0.1) is 0 Å². The van der Waals surface area contributed by atoms with E-state index < -0.39 is 0 Å². The third-order valence-electron chi connectivity index (χ3n) is 4.26. The van der Waals surface area contributed by atoms with Crippen LogP contribution in [0.4, 0.5) is 0 Å². The summed E-state index contributed by atoms with van der Waals surface area (Å²) in [6.45, 7) is 0.667. The van der Waals surface area contributed by atoms with Gasteiger partial charge in [0, 0.05) is 30.1 Å². The molecule has 7 nitrogen and oxygen atoms in total. The molecule has 1 fully saturated rings. The van der Waals surface area contributed by atoms with E-state index in [2.05, 4.69) is 15.1 Å². The second kappa shape index (κ2) is 6.35. The molecule has 0 spiro atoms. The van der Waals surface area contributed by atoms with Crippen LogP contribution in [-0.4, -0.2) is 39.6 Å². The predicted octanol–water partition coefficient (Wildman–Crippen LogP) is 2.73. The molecule has 2 aromatic heterocycles. The number of pyridine rings is 1. The van der Waals surface area contributed by atoms with E-state index >= 15 is 0 Å². The molecule has 1 aliphatic heterocycles. The maximum atomic E-state index is 12.7. The summed E-state index contributed by atoms with van der Waals surface area (Å²) in [6.07, 6.45) is 4.16. The molecule has 0 unspecified atom stereocenters. The first-order chi connectivity index (χ1) is 12.3. The third-order valence-corrected chi connectivity index (χ3v) is 4.26. The fourth-order valence-electron chi connectivity index (χ4n) is 2.77. The van der Waals surface area contributed by atoms with Crippen LogP contribution in [0.5, 0.6) is 5.75 Å². The van der Waals surface area contributed by atoms with E-state index in [1.807, 2.05) is 12.1 Å². The number of rotatable bonds is 4. The highest BCUT2D eigenvalue weighted by Gasteiger charge is 2.37. The molecule has 0 aliphatic carbocycles. The summed E-state index contributed by atoms with van der Waals surface area (Å²) in [6, 6.07) is 10.5. The Bertz CT molecular complexity index is 877. The van der Waals surface area contributed by atoms with Crippen molar-refractivity contribution in [3.8, 4) is 17.1 Å². The van der Waals surface area contributed by atoms with Crippen LogP contribution >= 0.6 is 0 Å². The molecule has 0 bridgehead atoms. The standard InChI is InChI=1S/C18H16N4O3/c1-24-14-6-4-12(5-7-14)18(23)22-10-8-15(22)17-20-16(21-25-17)13-3-2-9-19-11-13/h2-7,9,11,15H,8,10H2,1H3/t15-/m0/s1. The molecule has 4 rings (SSSR count). The molecule has 1 aromatic carbocycles. The summed E-state index contributed by atoms with van der Waals surface area (Å²) < 4.78 is 10.5. The molecule has 0 saturated carbocycles. The van der Waals surface area contributed by atoms with Crippen LogP contribution in [0.1, 0.15) is 28.7 Å². The highest BCUT2D eigenvalue weighted by molar-refractivity contribution is 5.95. The first-order valence-electron chi connectivity index (χ1n) is 7.95. The number of likely N-dealkylation sites (tertiary alicyclic amines) is 1. The van der Waals surface area contributed by atoms with Gasteiger partial charge in [0.2, 0.25) is 11.7 Å². The molecule has 25 heavy (non-hydrogen) atoms. The summed E-state index contributed by atoms with van der Waals surface area (Å²) in [5.41, 5.74) is 1.39. The zero-order valence-corrected chi connectivity index (χ0v) is 13.6. The number of aromatic nitrogens is 3. The van der Waals surface area contributed by atoms with Crippen LogP contribution in [0, 0.1) is 0 Å². The van der Waals surface area contributed by atoms with Gasteiger partial charge in [0.05, 0.1) is 7.11 Å². The normalized spacial score (nSPS) is 16.4. The minimum absolute atomic E-state index is 0.0555. The summed E-state index contributed by atoms with van der Waals surface area (Å²) in [4.78, 5) is 22.9. The van der Waals surface area contributed by atoms with Crippen molar-refractivity contribution in [2.45, 2.75) is 12.5 Å². The number of ether oxygens (including phenoxy) is 1. The van der Waals surface area contributed by atoms with Gasteiger partial charge in [-0.3, -0.25) is 9.78 Å². The Kier molecular flexibility index (Phi) is 3.89. The van der Waals surface area contributed by atoms with Crippen molar-refractivity contribution in [3.63, 3.8) is 0 Å². The number of hydrogen-bond acceptors (Lipinski definition) is 6. The Morgan fingerprint density at radius 3 is 2.76 bits per heavy atom. The third kappa shape index (κ3) is 2.84. The molecule has 7 heteroatoms. The Balaban J connectivity index is 1.52. The van der Waals surface area contributed by atoms with E-state index in [-0.39, 0.29) is 11.9 Å². The van der Waals surface area contributed by atoms with Gasteiger partial charge in [0.1, 0.15) is 11.8 Å². The SMILES string of the molecule is COc1ccc(C(=O)N2CC[C@H]2c2nc(-c3cccnc3)no2)cc1. The van der Waals surface area contributed by atoms with E-state index in [0.717, 1.165) is 17.7 Å². The van der Waals surface area contributed by atoms with Gasteiger partial charge in [0.15, 0.2) is 0 Å². The van der Waals surface area contributed by atoms with Crippen molar-refractivity contribution in [2.75, 3.05) is 13.7 Å². The van der Waals surface area contributed by atoms with Crippen LogP contribution in [-0.2, 0) is 0 Å². The second-order valence-corrected chi connectivity index (χ2v) is 5.73. The second-order valence-electron chi connectivity index (χ2n) is 5.73. The van der Waals surface area contributed by atoms with Crippen molar-refractivity contribution in [1.82, 2.24) is 20.0 Å². The van der Waals surface area contributed by atoms with Crippen molar-refractivity contribution >= 4 is 5.91 Å². The maximum absolute atomic E-state index is 12.7. The number of carbonyl (C=O) groups excluding carboxylic acids is 1. The molecular weight excluding hydrogens is 320 g/mol. The molecule has 1 atom stereocenters. The number of nitrogens with zero attached hydrogens (tertiary/aromatic N) is 4. The maximum Gasteiger partial charge on any atom is 0.254 e. The molecule has 3 heterocycles. The lowest BCUT2D eigenvalue weighted by Crippen LogP contribution is -2.45. The fourth-order valence-corrected chi connectivity index (χ4v) is 2.77. The zero-order chi connectivity index (χ0) is 17.2. The highest BCUT2D eigenvalue weighted by Crippen LogP contribution is 2.34. The van der Waals surface area contributed by atoms with Crippen LogP contribution in [0.2, 0.25) is 0 Å². The van der Waals surface area contributed by atoms with E-state index in [1.165, 1.54) is 0 Å². The van der Waals surface area contributed by atoms with E-state index in [0.29, 0.717) is 23.8 Å². The zero-order valence-electron chi connectivity index (χ0n) is 13.6. The monoisotopic (exact) mass is 336 g/mol. The number of benzene rings is 1. The van der Waals surface area contributed by atoms with Crippen LogP contribution in [0.25, 0.3) is 11.4 Å². The van der Waals surface area contributed by atoms with Crippen molar-refractivity contribution in [3.05, 3.63) is 60.2 Å². The van der Waals surface area contributed by atoms with E-state index in [4.69, 9.17) is 9.26 Å². The molecule has 3 aromatic rings. The Morgan fingerprint density at radius 1 is 1.28 bits per heavy atom. The predicted molar refractivity (Wildman–Crippen MR) is 88.9 cm³/mol. The first-order valence-corrected chi connectivity index (χ1v) is 7.95. The molecule has 126 valence electrons. The number of hydrogen-bond donors (Lipinski definition) is 0. The summed E-state index contributed by atoms with van der Waals surface area (Å²) in [7, 11) is 1.59. The Morgan fingerprint density at radius 2 is 2.12 bits per heavy atom. The summed E-state index contributed by atoms with van der Waals surface area (Å²) >= 11 is 0. The molecule has 1 aliphatic rings. The number of methoxy groups -OCH3 is 1. The molecule has 1 amide bonds. The van der Waals surface area contributed by atoms with Crippen LogP contribution in [0.3, 0.4) is 0 Å². The van der Waals surface area contributed by atoms with Crippen molar-refractivity contribution in [2.24, 2.45) is 0 Å². The van der Waals surface area contributed by atoms with Gasteiger partial charge in [-0.05, 0) is 42.8 Å². The largest absolute Gasteiger partial charge is 0.497 e. The lowest BCUT2D eigenvalue weighted by molar-refractivity contribution is 0.0379. The minimum atomic E-state index is -0.187. The molecule has 0 radical (unpaired) electrons. The number of carbonyl (C=O) groups is 1. The van der Waals surface area contributed by atoms with Crippen molar-refractivity contribution < 1.29 is 14.1 Å². The minimum Gasteiger partial charge on any atom is -0.497 e. The number of amides is 1. The average molecular weight is 336 g/mol. The quantitative estimate of drug-likeness (QED) is 0.729. The van der Waals surface area contributed by atoms with Gasteiger partial charge in [-0.1, -0.05) is 5.16 Å². The van der Waals surface area contributed by atoms with Gasteiger partial charge in [0.25, 0.3) is 5.91 Å². The van der Waals surface area contributed by atoms with Gasteiger partial charge in [-0.2, -0.15) is 4.98 Å². The lowest BCUT2D eigenvalue weighted by Gasteiger charge is -2.38. The van der Waals surface area contributed by atoms with Crippen LogP contribution in [0.15, 0.2) is 53.3 Å². The van der Waals surface area contributed by atoms with Gasteiger partial charge < -0.3 is 14.2 Å². The van der Waals surface area contributed by atoms with E-state index in [9.17, 15) is 4.79 Å². The first kappa shape index (κ1) is 15.3. The lowest BCUT2D eigenvalue weighted by atomic mass is 10.0. The molecule has 1 saturated heterocycles. The Labute approximate surface area is 144 Å². The fraction of sp³-hybridized carbons (Fsp3) is 0.222. The Hall–Kier alpha value is -3.22. The average Bonchev–Trinajstić information content (AvgIpc) is 3.11.